The number of aromatic nitrogens is 5. The predicted molar refractivity (Wildman–Crippen MR) is 101 cm³/mol. The molecule has 0 spiro atoms. The predicted octanol–water partition coefficient (Wildman–Crippen LogP) is 2.70. The van der Waals surface area contributed by atoms with E-state index in [0.717, 1.165) is 49.2 Å². The van der Waals surface area contributed by atoms with Gasteiger partial charge < -0.3 is 9.88 Å². The highest BCUT2D eigenvalue weighted by Gasteiger charge is 2.26. The highest BCUT2D eigenvalue weighted by Crippen LogP contribution is 2.22. The lowest BCUT2D eigenvalue weighted by atomic mass is 9.94. The number of imidazole rings is 1. The van der Waals surface area contributed by atoms with Gasteiger partial charge in [0, 0.05) is 19.5 Å². The topological polar surface area (TPSA) is 79.2 Å². The fourth-order valence-corrected chi connectivity index (χ4v) is 3.96. The van der Waals surface area contributed by atoms with Crippen molar-refractivity contribution in [3.8, 4) is 0 Å². The number of nitrogens with one attached hydrogen (secondary N) is 1. The second-order valence-electron chi connectivity index (χ2n) is 7.11. The molecule has 0 bridgehead atoms. The maximum Gasteiger partial charge on any atom is 0.272 e. The molecule has 4 heterocycles. The Bertz CT molecular complexity index is 1080. The first-order chi connectivity index (χ1) is 13.3. The Labute approximate surface area is 156 Å². The van der Waals surface area contributed by atoms with Crippen LogP contribution in [-0.2, 0) is 6.42 Å². The third-order valence-electron chi connectivity index (χ3n) is 5.25. The number of carbonyl (C=O) groups excluding carboxylic acids is 1. The Hall–Kier alpha value is -3.22. The van der Waals surface area contributed by atoms with Crippen LogP contribution >= 0.6 is 0 Å². The van der Waals surface area contributed by atoms with Crippen LogP contribution in [0.3, 0.4) is 0 Å². The lowest BCUT2D eigenvalue weighted by molar-refractivity contribution is 0.0663. The van der Waals surface area contributed by atoms with E-state index in [9.17, 15) is 4.79 Å². The summed E-state index contributed by atoms with van der Waals surface area (Å²) in [4.78, 5) is 27.3. The minimum atomic E-state index is 0.0143. The van der Waals surface area contributed by atoms with Gasteiger partial charge in [-0.1, -0.05) is 18.2 Å². The molecule has 1 aromatic carbocycles. The number of H-pyrrole nitrogens is 1. The van der Waals surface area contributed by atoms with Crippen molar-refractivity contribution < 1.29 is 4.79 Å². The van der Waals surface area contributed by atoms with Gasteiger partial charge in [0.1, 0.15) is 17.8 Å². The Morgan fingerprint density at radius 1 is 1.19 bits per heavy atom. The standard InChI is InChI=1S/C20H20N6O/c27-20(17-8-3-9-19-21-13-22-26(17)19)25-10-4-5-14(12-25)11-18-23-15-6-1-2-7-16(15)24-18/h1-3,6-9,13-14H,4-5,10-12H2,(H,23,24). The first-order valence-corrected chi connectivity index (χ1v) is 9.29. The zero-order chi connectivity index (χ0) is 18.2. The smallest absolute Gasteiger partial charge is 0.272 e. The molecule has 0 radical (unpaired) electrons. The molecule has 0 aliphatic carbocycles. The second kappa shape index (κ2) is 6.50. The lowest BCUT2D eigenvalue weighted by Gasteiger charge is -2.32. The maximum absolute atomic E-state index is 13.1. The molecule has 7 nitrogen and oxygen atoms in total. The van der Waals surface area contributed by atoms with Gasteiger partial charge >= 0.3 is 0 Å². The quantitative estimate of drug-likeness (QED) is 0.609. The molecule has 1 aliphatic heterocycles. The van der Waals surface area contributed by atoms with Gasteiger partial charge in [-0.3, -0.25) is 4.79 Å². The highest BCUT2D eigenvalue weighted by atomic mass is 16.2. The maximum atomic E-state index is 13.1. The van der Waals surface area contributed by atoms with Crippen LogP contribution in [0.1, 0.15) is 29.2 Å². The molecule has 1 saturated heterocycles. The SMILES string of the molecule is O=C(c1cccc2ncnn12)N1CCCC(Cc2nc3ccccc3[nH]2)C1. The van der Waals surface area contributed by atoms with Gasteiger partial charge in [-0.15, -0.1) is 0 Å². The van der Waals surface area contributed by atoms with E-state index in [2.05, 4.69) is 20.1 Å². The summed E-state index contributed by atoms with van der Waals surface area (Å²) >= 11 is 0. The van der Waals surface area contributed by atoms with Crippen molar-refractivity contribution in [3.05, 3.63) is 60.3 Å². The summed E-state index contributed by atoms with van der Waals surface area (Å²) in [5.74, 6) is 1.41. The number of piperidine rings is 1. The molecule has 1 unspecified atom stereocenters. The van der Waals surface area contributed by atoms with Crippen molar-refractivity contribution in [2.45, 2.75) is 19.3 Å². The molecule has 27 heavy (non-hydrogen) atoms. The molecule has 7 heteroatoms. The summed E-state index contributed by atoms with van der Waals surface area (Å²) in [6.07, 6.45) is 4.44. The van der Waals surface area contributed by atoms with Crippen LogP contribution in [0.5, 0.6) is 0 Å². The molecule has 1 atom stereocenters. The summed E-state index contributed by atoms with van der Waals surface area (Å²) in [6.45, 7) is 1.52. The van der Waals surface area contributed by atoms with E-state index in [-0.39, 0.29) is 5.91 Å². The molecule has 5 rings (SSSR count). The average molecular weight is 360 g/mol. The lowest BCUT2D eigenvalue weighted by Crippen LogP contribution is -2.41. The van der Waals surface area contributed by atoms with E-state index in [1.165, 1.54) is 6.33 Å². The van der Waals surface area contributed by atoms with Gasteiger partial charge in [0.2, 0.25) is 0 Å². The van der Waals surface area contributed by atoms with Gasteiger partial charge in [-0.05, 0) is 43.0 Å². The fourth-order valence-electron chi connectivity index (χ4n) is 3.96. The van der Waals surface area contributed by atoms with Gasteiger partial charge in [-0.25, -0.2) is 14.5 Å². The number of likely N-dealkylation sites (tertiary alicyclic amines) is 1. The zero-order valence-corrected chi connectivity index (χ0v) is 14.9. The Morgan fingerprint density at radius 2 is 2.11 bits per heavy atom. The first-order valence-electron chi connectivity index (χ1n) is 9.29. The van der Waals surface area contributed by atoms with Crippen LogP contribution in [0, 0.1) is 5.92 Å². The minimum Gasteiger partial charge on any atom is -0.342 e. The van der Waals surface area contributed by atoms with Gasteiger partial charge in [-0.2, -0.15) is 5.10 Å². The Kier molecular flexibility index (Phi) is 3.85. The number of aromatic amines is 1. The van der Waals surface area contributed by atoms with Gasteiger partial charge in [0.15, 0.2) is 5.65 Å². The third-order valence-corrected chi connectivity index (χ3v) is 5.25. The van der Waals surface area contributed by atoms with Gasteiger partial charge in [0.05, 0.1) is 11.0 Å². The van der Waals surface area contributed by atoms with Gasteiger partial charge in [0.25, 0.3) is 5.91 Å². The Morgan fingerprint density at radius 3 is 3.04 bits per heavy atom. The second-order valence-corrected chi connectivity index (χ2v) is 7.11. The summed E-state index contributed by atoms with van der Waals surface area (Å²) in [5.41, 5.74) is 3.31. The number of amides is 1. The van der Waals surface area contributed by atoms with Crippen LogP contribution in [0.4, 0.5) is 0 Å². The van der Waals surface area contributed by atoms with Crippen LogP contribution in [0.15, 0.2) is 48.8 Å². The molecule has 1 N–H and O–H groups in total. The Balaban J connectivity index is 1.34. The van der Waals surface area contributed by atoms with Crippen molar-refractivity contribution in [2.75, 3.05) is 13.1 Å². The molecule has 136 valence electrons. The van der Waals surface area contributed by atoms with E-state index in [1.807, 2.05) is 47.4 Å². The summed E-state index contributed by atoms with van der Waals surface area (Å²) in [6, 6.07) is 13.6. The van der Waals surface area contributed by atoms with E-state index >= 15 is 0 Å². The normalized spacial score (nSPS) is 17.6. The molecule has 3 aromatic heterocycles. The summed E-state index contributed by atoms with van der Waals surface area (Å²) < 4.78 is 1.62. The molecule has 1 amide bonds. The van der Waals surface area contributed by atoms with Crippen molar-refractivity contribution in [1.82, 2.24) is 29.5 Å². The number of hydrogen-bond acceptors (Lipinski definition) is 4. The first kappa shape index (κ1) is 16.0. The van der Waals surface area contributed by atoms with Crippen molar-refractivity contribution in [2.24, 2.45) is 5.92 Å². The summed E-state index contributed by atoms with van der Waals surface area (Å²) in [7, 11) is 0. The van der Waals surface area contributed by atoms with Crippen molar-refractivity contribution >= 4 is 22.6 Å². The number of para-hydroxylation sites is 2. The minimum absolute atomic E-state index is 0.0143. The monoisotopic (exact) mass is 360 g/mol. The number of fused-ring (bicyclic) bond motifs is 2. The van der Waals surface area contributed by atoms with Crippen molar-refractivity contribution in [1.29, 1.82) is 0 Å². The van der Waals surface area contributed by atoms with Crippen LogP contribution in [-0.4, -0.2) is 48.5 Å². The fraction of sp³-hybridized carbons (Fsp3) is 0.300. The molecule has 1 fully saturated rings. The van der Waals surface area contributed by atoms with Crippen LogP contribution < -0.4 is 0 Å². The molecular formula is C20H20N6O. The number of carbonyl (C=O) groups is 1. The number of pyridine rings is 1. The highest BCUT2D eigenvalue weighted by molar-refractivity contribution is 5.93. The molecule has 4 aromatic rings. The number of hydrogen-bond donors (Lipinski definition) is 1. The van der Waals surface area contributed by atoms with Crippen LogP contribution in [0.25, 0.3) is 16.7 Å². The third kappa shape index (κ3) is 2.95. The van der Waals surface area contributed by atoms with E-state index in [4.69, 9.17) is 0 Å². The van der Waals surface area contributed by atoms with E-state index in [0.29, 0.717) is 17.3 Å². The number of nitrogens with zero attached hydrogens (tertiary/aromatic N) is 5. The van der Waals surface area contributed by atoms with E-state index < -0.39 is 0 Å². The van der Waals surface area contributed by atoms with Crippen molar-refractivity contribution in [3.63, 3.8) is 0 Å². The molecule has 0 saturated carbocycles. The van der Waals surface area contributed by atoms with E-state index in [1.54, 1.807) is 4.52 Å². The summed E-state index contributed by atoms with van der Waals surface area (Å²) in [5, 5.41) is 4.19. The zero-order valence-electron chi connectivity index (χ0n) is 14.9. The van der Waals surface area contributed by atoms with Crippen LogP contribution in [0.2, 0.25) is 0 Å². The molecular weight excluding hydrogens is 340 g/mol. The largest absolute Gasteiger partial charge is 0.342 e. The number of rotatable bonds is 3. The number of benzene rings is 1. The molecule has 1 aliphatic rings. The average Bonchev–Trinajstić information content (AvgIpc) is 3.33.